The van der Waals surface area contributed by atoms with Gasteiger partial charge in [0.25, 0.3) is 0 Å². The van der Waals surface area contributed by atoms with Crippen molar-refractivity contribution >= 4 is 17.8 Å². The zero-order chi connectivity index (χ0) is 14.4. The van der Waals surface area contributed by atoms with Crippen molar-refractivity contribution in [3.05, 3.63) is 17.5 Å². The van der Waals surface area contributed by atoms with E-state index in [2.05, 4.69) is 15.3 Å². The highest BCUT2D eigenvalue weighted by Gasteiger charge is 2.13. The fourth-order valence-electron chi connectivity index (χ4n) is 1.46. The third kappa shape index (κ3) is 4.20. The highest BCUT2D eigenvalue weighted by atomic mass is 16.4. The summed E-state index contributed by atoms with van der Waals surface area (Å²) in [6, 6.07) is 0. The Kier molecular flexibility index (Phi) is 5.23. The van der Waals surface area contributed by atoms with E-state index in [1.807, 2.05) is 6.92 Å². The maximum atomic E-state index is 11.5. The van der Waals surface area contributed by atoms with E-state index in [0.717, 1.165) is 6.42 Å². The molecule has 0 saturated carbocycles. The number of aromatic nitrogens is 2. The molecule has 0 aliphatic heterocycles. The van der Waals surface area contributed by atoms with Crippen molar-refractivity contribution in [2.24, 2.45) is 0 Å². The van der Waals surface area contributed by atoms with Gasteiger partial charge in [0.1, 0.15) is 0 Å². The SMILES string of the molecule is CCCNC(=O)CN(C)c1ncc(C(=O)O)c(C)n1. The van der Waals surface area contributed by atoms with Crippen LogP contribution in [0.4, 0.5) is 5.95 Å². The first-order valence-electron chi connectivity index (χ1n) is 6.00. The van der Waals surface area contributed by atoms with Crippen LogP contribution in [-0.2, 0) is 4.79 Å². The quantitative estimate of drug-likeness (QED) is 0.776. The molecule has 1 aromatic heterocycles. The lowest BCUT2D eigenvalue weighted by molar-refractivity contribution is -0.119. The summed E-state index contributed by atoms with van der Waals surface area (Å²) in [6.45, 7) is 4.33. The molecule has 0 fully saturated rings. The van der Waals surface area contributed by atoms with Gasteiger partial charge in [0.15, 0.2) is 0 Å². The Balaban J connectivity index is 2.72. The second-order valence-corrected chi connectivity index (χ2v) is 4.18. The topological polar surface area (TPSA) is 95.4 Å². The molecule has 0 saturated heterocycles. The van der Waals surface area contributed by atoms with Gasteiger partial charge in [-0.25, -0.2) is 14.8 Å². The number of hydrogen-bond acceptors (Lipinski definition) is 5. The summed E-state index contributed by atoms with van der Waals surface area (Å²) in [4.78, 5) is 32.0. The maximum absolute atomic E-state index is 11.5. The number of nitrogens with one attached hydrogen (secondary N) is 1. The van der Waals surface area contributed by atoms with Gasteiger partial charge < -0.3 is 15.3 Å². The van der Waals surface area contributed by atoms with E-state index in [1.165, 1.54) is 6.20 Å². The zero-order valence-corrected chi connectivity index (χ0v) is 11.3. The number of hydrogen-bond donors (Lipinski definition) is 2. The van der Waals surface area contributed by atoms with Gasteiger partial charge in [-0.05, 0) is 13.3 Å². The Bertz CT molecular complexity index is 476. The van der Waals surface area contributed by atoms with Crippen molar-refractivity contribution in [1.29, 1.82) is 0 Å². The first-order valence-corrected chi connectivity index (χ1v) is 6.00. The lowest BCUT2D eigenvalue weighted by atomic mass is 10.2. The van der Waals surface area contributed by atoms with E-state index in [9.17, 15) is 9.59 Å². The number of aromatic carboxylic acids is 1. The summed E-state index contributed by atoms with van der Waals surface area (Å²) in [6.07, 6.45) is 2.12. The van der Waals surface area contributed by atoms with Crippen molar-refractivity contribution in [3.63, 3.8) is 0 Å². The Morgan fingerprint density at radius 2 is 2.16 bits per heavy atom. The number of carbonyl (C=O) groups excluding carboxylic acids is 1. The Morgan fingerprint density at radius 1 is 1.47 bits per heavy atom. The second-order valence-electron chi connectivity index (χ2n) is 4.18. The average molecular weight is 266 g/mol. The molecule has 104 valence electrons. The molecule has 1 rings (SSSR count). The molecule has 1 amide bonds. The van der Waals surface area contributed by atoms with E-state index in [-0.39, 0.29) is 18.0 Å². The first-order chi connectivity index (χ1) is 8.95. The van der Waals surface area contributed by atoms with E-state index >= 15 is 0 Å². The van der Waals surface area contributed by atoms with Crippen LogP contribution in [-0.4, -0.2) is 47.1 Å². The number of aryl methyl sites for hydroxylation is 1. The van der Waals surface area contributed by atoms with Crippen LogP contribution in [0.1, 0.15) is 29.4 Å². The number of carboxylic acid groups (broad SMARTS) is 1. The summed E-state index contributed by atoms with van der Waals surface area (Å²) in [5.74, 6) is -0.852. The third-order valence-electron chi connectivity index (χ3n) is 2.49. The van der Waals surface area contributed by atoms with Crippen molar-refractivity contribution in [2.45, 2.75) is 20.3 Å². The summed E-state index contributed by atoms with van der Waals surface area (Å²) in [7, 11) is 1.68. The van der Waals surface area contributed by atoms with Crippen LogP contribution in [0.15, 0.2) is 6.20 Å². The van der Waals surface area contributed by atoms with Gasteiger partial charge in [0.05, 0.1) is 17.8 Å². The molecule has 7 heteroatoms. The van der Waals surface area contributed by atoms with Crippen molar-refractivity contribution in [1.82, 2.24) is 15.3 Å². The Morgan fingerprint density at radius 3 is 2.68 bits per heavy atom. The molecule has 1 heterocycles. The summed E-state index contributed by atoms with van der Waals surface area (Å²) < 4.78 is 0. The summed E-state index contributed by atoms with van der Waals surface area (Å²) in [5, 5.41) is 11.6. The van der Waals surface area contributed by atoms with Gasteiger partial charge >= 0.3 is 5.97 Å². The molecule has 0 aliphatic carbocycles. The van der Waals surface area contributed by atoms with Crippen LogP contribution >= 0.6 is 0 Å². The molecule has 0 radical (unpaired) electrons. The van der Waals surface area contributed by atoms with Crippen molar-refractivity contribution < 1.29 is 14.7 Å². The second kappa shape index (κ2) is 6.67. The van der Waals surface area contributed by atoms with E-state index in [0.29, 0.717) is 18.2 Å². The van der Waals surface area contributed by atoms with Crippen LogP contribution in [0.25, 0.3) is 0 Å². The molecule has 0 aromatic carbocycles. The number of carbonyl (C=O) groups is 2. The van der Waals surface area contributed by atoms with Crippen LogP contribution < -0.4 is 10.2 Å². The molecule has 0 spiro atoms. The van der Waals surface area contributed by atoms with Gasteiger partial charge in [-0.3, -0.25) is 4.79 Å². The lowest BCUT2D eigenvalue weighted by Crippen LogP contribution is -2.36. The number of rotatable bonds is 6. The van der Waals surface area contributed by atoms with Crippen molar-refractivity contribution in [3.8, 4) is 0 Å². The van der Waals surface area contributed by atoms with E-state index in [1.54, 1.807) is 18.9 Å². The third-order valence-corrected chi connectivity index (χ3v) is 2.49. The van der Waals surface area contributed by atoms with Crippen LogP contribution in [0.3, 0.4) is 0 Å². The molecule has 1 aromatic rings. The zero-order valence-electron chi connectivity index (χ0n) is 11.3. The highest BCUT2D eigenvalue weighted by molar-refractivity contribution is 5.88. The van der Waals surface area contributed by atoms with Gasteiger partial charge in [-0.2, -0.15) is 0 Å². The van der Waals surface area contributed by atoms with Crippen molar-refractivity contribution in [2.75, 3.05) is 25.0 Å². The average Bonchev–Trinajstić information content (AvgIpc) is 2.35. The minimum atomic E-state index is -1.06. The fraction of sp³-hybridized carbons (Fsp3) is 0.500. The maximum Gasteiger partial charge on any atom is 0.339 e. The Hall–Kier alpha value is -2.18. The monoisotopic (exact) mass is 266 g/mol. The lowest BCUT2D eigenvalue weighted by Gasteiger charge is -2.17. The number of nitrogens with zero attached hydrogens (tertiary/aromatic N) is 3. The summed E-state index contributed by atoms with van der Waals surface area (Å²) >= 11 is 0. The first kappa shape index (κ1) is 14.9. The largest absolute Gasteiger partial charge is 0.478 e. The predicted molar refractivity (Wildman–Crippen MR) is 70.3 cm³/mol. The van der Waals surface area contributed by atoms with Crippen LogP contribution in [0.2, 0.25) is 0 Å². The molecular formula is C12H18N4O3. The molecule has 0 bridgehead atoms. The minimum absolute atomic E-state index is 0.0626. The molecule has 2 N–H and O–H groups in total. The molecule has 7 nitrogen and oxygen atoms in total. The molecule has 0 unspecified atom stereocenters. The fourth-order valence-corrected chi connectivity index (χ4v) is 1.46. The number of carboxylic acids is 1. The summed E-state index contributed by atoms with van der Waals surface area (Å²) in [5.41, 5.74) is 0.436. The van der Waals surface area contributed by atoms with Crippen LogP contribution in [0.5, 0.6) is 0 Å². The van der Waals surface area contributed by atoms with Gasteiger partial charge in [-0.1, -0.05) is 6.92 Å². The predicted octanol–water partition coefficient (Wildman–Crippen LogP) is 0.446. The molecule has 19 heavy (non-hydrogen) atoms. The van der Waals surface area contributed by atoms with Crippen LogP contribution in [0, 0.1) is 6.92 Å². The Labute approximate surface area is 111 Å². The smallest absolute Gasteiger partial charge is 0.339 e. The normalized spacial score (nSPS) is 10.1. The van der Waals surface area contributed by atoms with Gasteiger partial charge in [0, 0.05) is 19.8 Å². The standard InChI is InChI=1S/C12H18N4O3/c1-4-5-13-10(17)7-16(3)12-14-6-9(11(18)19)8(2)15-12/h6H,4-5,7H2,1-3H3,(H,13,17)(H,18,19). The number of likely N-dealkylation sites (N-methyl/N-ethyl adjacent to an activating group) is 1. The molecule has 0 aliphatic rings. The van der Waals surface area contributed by atoms with E-state index in [4.69, 9.17) is 5.11 Å². The minimum Gasteiger partial charge on any atom is -0.478 e. The number of anilines is 1. The van der Waals surface area contributed by atoms with Gasteiger partial charge in [0.2, 0.25) is 11.9 Å². The highest BCUT2D eigenvalue weighted by Crippen LogP contribution is 2.09. The van der Waals surface area contributed by atoms with E-state index < -0.39 is 5.97 Å². The number of amides is 1. The molecule has 0 atom stereocenters. The molecular weight excluding hydrogens is 248 g/mol. The van der Waals surface area contributed by atoms with Gasteiger partial charge in [-0.15, -0.1) is 0 Å².